The van der Waals surface area contributed by atoms with Gasteiger partial charge < -0.3 is 9.88 Å². The first-order valence-electron chi connectivity index (χ1n) is 20.2. The van der Waals surface area contributed by atoms with Crippen LogP contribution in [0.2, 0.25) is 0 Å². The van der Waals surface area contributed by atoms with Crippen LogP contribution in [0.15, 0.2) is 230 Å². The van der Waals surface area contributed by atoms with Crippen LogP contribution < -0.4 is 5.32 Å². The molecule has 0 bridgehead atoms. The molecular weight excluding hydrogens is 729 g/mol. The molecule has 9 aromatic carbocycles. The van der Waals surface area contributed by atoms with Crippen molar-refractivity contribution in [3.05, 3.63) is 247 Å². The molecule has 0 aliphatic carbocycles. The number of aromatic nitrogens is 1. The van der Waals surface area contributed by atoms with E-state index in [-0.39, 0.29) is 5.84 Å². The van der Waals surface area contributed by atoms with Gasteiger partial charge >= 0.3 is 0 Å². The number of amidine groups is 1. The van der Waals surface area contributed by atoms with E-state index in [2.05, 4.69) is 174 Å². The number of fused-ring (bicyclic) bond motifs is 5. The molecule has 1 aromatic heterocycles. The summed E-state index contributed by atoms with van der Waals surface area (Å²) in [7, 11) is 0. The van der Waals surface area contributed by atoms with Gasteiger partial charge in [0.2, 0.25) is 0 Å². The van der Waals surface area contributed by atoms with Gasteiger partial charge in [-0.05, 0) is 117 Å². The SMILES string of the molecule is N=C(/N=C(\c1ccccc1)c1cc(-c2ccccc2)cc(-c2ccccc2)c1)c1ccc(-n2c3ccc(/C=C\Nc4ccccc4)cc3c3c4ccccc4ccc32)cc1. The molecule has 284 valence electrons. The highest BCUT2D eigenvalue weighted by Gasteiger charge is 2.17. The van der Waals surface area contributed by atoms with Crippen molar-refractivity contribution in [2.45, 2.75) is 0 Å². The third-order valence-corrected chi connectivity index (χ3v) is 11.1. The molecular formula is C56H40N4. The Morgan fingerprint density at radius 3 is 1.75 bits per heavy atom. The number of benzene rings is 9. The normalized spacial score (nSPS) is 11.8. The van der Waals surface area contributed by atoms with Gasteiger partial charge in [-0.25, -0.2) is 4.99 Å². The van der Waals surface area contributed by atoms with Gasteiger partial charge in [-0.15, -0.1) is 0 Å². The lowest BCUT2D eigenvalue weighted by molar-refractivity contribution is 1.18. The van der Waals surface area contributed by atoms with E-state index in [1.54, 1.807) is 0 Å². The number of anilines is 1. The van der Waals surface area contributed by atoms with Crippen molar-refractivity contribution < 1.29 is 0 Å². The molecule has 0 amide bonds. The number of aliphatic imine (C=N–C) groups is 1. The zero-order valence-corrected chi connectivity index (χ0v) is 32.8. The monoisotopic (exact) mass is 768 g/mol. The Kier molecular flexibility index (Phi) is 9.70. The van der Waals surface area contributed by atoms with Crippen molar-refractivity contribution in [3.8, 4) is 27.9 Å². The highest BCUT2D eigenvalue weighted by Crippen LogP contribution is 2.38. The lowest BCUT2D eigenvalue weighted by Gasteiger charge is -2.14. The van der Waals surface area contributed by atoms with Gasteiger partial charge in [0, 0.05) is 45.0 Å². The van der Waals surface area contributed by atoms with Crippen LogP contribution in [0.1, 0.15) is 22.3 Å². The third-order valence-electron chi connectivity index (χ3n) is 11.1. The minimum Gasteiger partial charge on any atom is -0.362 e. The van der Waals surface area contributed by atoms with E-state index < -0.39 is 0 Å². The van der Waals surface area contributed by atoms with Crippen LogP contribution in [0, 0.1) is 5.41 Å². The molecule has 10 aromatic rings. The maximum absolute atomic E-state index is 9.42. The highest BCUT2D eigenvalue weighted by atomic mass is 15.0. The standard InChI is InChI=1S/C56H40N4/c57-56(59-55(43-20-9-3-10-21-43)47-37-45(40-15-5-1-6-16-40)36-46(38-47)41-17-7-2-8-18-41)44-26-29-49(30-27-44)60-52-31-25-39(33-34-58-48-22-11-4-12-23-48)35-51(52)54-50-24-14-13-19-42(50)28-32-53(54)60/h1-38,57-58H/b34-33-,57-56?,59-55+. The number of hydrogen-bond acceptors (Lipinski definition) is 2. The average Bonchev–Trinajstić information content (AvgIpc) is 3.66. The Morgan fingerprint density at radius 1 is 0.467 bits per heavy atom. The lowest BCUT2D eigenvalue weighted by Crippen LogP contribution is -2.09. The summed E-state index contributed by atoms with van der Waals surface area (Å²) in [5, 5.41) is 17.6. The number of nitrogens with one attached hydrogen (secondary N) is 2. The first kappa shape index (κ1) is 36.3. The second-order valence-electron chi connectivity index (χ2n) is 14.9. The van der Waals surface area contributed by atoms with Gasteiger partial charge in [-0.3, -0.25) is 5.41 Å². The molecule has 0 spiro atoms. The van der Waals surface area contributed by atoms with Gasteiger partial charge in [0.1, 0.15) is 0 Å². The van der Waals surface area contributed by atoms with Gasteiger partial charge in [0.05, 0.1) is 16.7 Å². The highest BCUT2D eigenvalue weighted by molar-refractivity contribution is 6.22. The fourth-order valence-electron chi connectivity index (χ4n) is 8.15. The fraction of sp³-hybridized carbons (Fsp3) is 0. The van der Waals surface area contributed by atoms with Crippen LogP contribution in [-0.2, 0) is 0 Å². The third kappa shape index (κ3) is 7.19. The molecule has 0 unspecified atom stereocenters. The topological polar surface area (TPSA) is 53.2 Å². The number of nitrogens with zero attached hydrogens (tertiary/aromatic N) is 2. The largest absolute Gasteiger partial charge is 0.362 e. The van der Waals surface area contributed by atoms with Crippen LogP contribution in [0.5, 0.6) is 0 Å². The van der Waals surface area contributed by atoms with Crippen LogP contribution >= 0.6 is 0 Å². The van der Waals surface area contributed by atoms with Gasteiger partial charge in [0.25, 0.3) is 0 Å². The molecule has 0 saturated heterocycles. The molecule has 0 radical (unpaired) electrons. The van der Waals surface area contributed by atoms with E-state index in [9.17, 15) is 5.41 Å². The average molecular weight is 769 g/mol. The van der Waals surface area contributed by atoms with Crippen molar-refractivity contribution in [1.82, 2.24) is 4.57 Å². The molecule has 0 saturated carbocycles. The van der Waals surface area contributed by atoms with Crippen LogP contribution in [0.25, 0.3) is 66.6 Å². The second kappa shape index (κ2) is 16.0. The quantitative estimate of drug-likeness (QED) is 0.111. The van der Waals surface area contributed by atoms with E-state index >= 15 is 0 Å². The Balaban J connectivity index is 1.05. The Bertz CT molecular complexity index is 3140. The molecule has 10 rings (SSSR count). The summed E-state index contributed by atoms with van der Waals surface area (Å²) >= 11 is 0. The molecule has 0 fully saturated rings. The molecule has 4 nitrogen and oxygen atoms in total. The Morgan fingerprint density at radius 2 is 1.07 bits per heavy atom. The Hall–Kier alpha value is -8.08. The van der Waals surface area contributed by atoms with E-state index in [0.717, 1.165) is 72.6 Å². The number of hydrogen-bond donors (Lipinski definition) is 2. The van der Waals surface area contributed by atoms with Crippen LogP contribution in [0.3, 0.4) is 0 Å². The summed E-state index contributed by atoms with van der Waals surface area (Å²) in [5.41, 5.74) is 13.3. The summed E-state index contributed by atoms with van der Waals surface area (Å²) in [6, 6.07) is 75.9. The van der Waals surface area contributed by atoms with Gasteiger partial charge in [0.15, 0.2) is 5.84 Å². The zero-order valence-electron chi connectivity index (χ0n) is 32.8. The maximum atomic E-state index is 9.42. The van der Waals surface area contributed by atoms with E-state index in [4.69, 9.17) is 4.99 Å². The zero-order chi connectivity index (χ0) is 40.3. The predicted octanol–water partition coefficient (Wildman–Crippen LogP) is 14.2. The van der Waals surface area contributed by atoms with Gasteiger partial charge in [-0.2, -0.15) is 0 Å². The first-order valence-corrected chi connectivity index (χ1v) is 20.2. The lowest BCUT2D eigenvalue weighted by atomic mass is 9.92. The molecule has 60 heavy (non-hydrogen) atoms. The smallest absolute Gasteiger partial charge is 0.152 e. The maximum Gasteiger partial charge on any atom is 0.152 e. The molecule has 0 aliphatic heterocycles. The molecule has 2 N–H and O–H groups in total. The number of para-hydroxylation sites is 1. The molecule has 1 heterocycles. The molecule has 4 heteroatoms. The summed E-state index contributed by atoms with van der Waals surface area (Å²) < 4.78 is 2.33. The second-order valence-corrected chi connectivity index (χ2v) is 14.9. The summed E-state index contributed by atoms with van der Waals surface area (Å²) in [4.78, 5) is 5.12. The first-order chi connectivity index (χ1) is 29.7. The molecule has 0 aliphatic rings. The minimum absolute atomic E-state index is 0.195. The van der Waals surface area contributed by atoms with E-state index in [0.29, 0.717) is 0 Å². The number of rotatable bonds is 9. The summed E-state index contributed by atoms with van der Waals surface area (Å²) in [6.45, 7) is 0. The van der Waals surface area contributed by atoms with Crippen molar-refractivity contribution in [1.29, 1.82) is 5.41 Å². The summed E-state index contributed by atoms with van der Waals surface area (Å²) in [5.74, 6) is 0.195. The van der Waals surface area contributed by atoms with Crippen molar-refractivity contribution >= 4 is 55.9 Å². The van der Waals surface area contributed by atoms with Crippen LogP contribution in [0.4, 0.5) is 5.69 Å². The van der Waals surface area contributed by atoms with Crippen molar-refractivity contribution in [2.24, 2.45) is 4.99 Å². The fourth-order valence-corrected chi connectivity index (χ4v) is 8.15. The predicted molar refractivity (Wildman–Crippen MR) is 254 cm³/mol. The Labute approximate surface area is 349 Å². The van der Waals surface area contributed by atoms with Crippen molar-refractivity contribution in [2.75, 3.05) is 5.32 Å². The molecule has 0 atom stereocenters. The van der Waals surface area contributed by atoms with Crippen molar-refractivity contribution in [3.63, 3.8) is 0 Å². The van der Waals surface area contributed by atoms with Crippen LogP contribution in [-0.4, -0.2) is 16.1 Å². The van der Waals surface area contributed by atoms with E-state index in [1.165, 1.54) is 21.5 Å². The van der Waals surface area contributed by atoms with Gasteiger partial charge in [-0.1, -0.05) is 146 Å². The minimum atomic E-state index is 0.195. The summed E-state index contributed by atoms with van der Waals surface area (Å²) in [6.07, 6.45) is 4.11. The van der Waals surface area contributed by atoms with E-state index in [1.807, 2.05) is 66.9 Å².